The van der Waals surface area contributed by atoms with Crippen LogP contribution in [0, 0.1) is 17.2 Å². The number of ether oxygens (including phenoxy) is 2. The predicted molar refractivity (Wildman–Crippen MR) is 141 cm³/mol. The molecule has 0 heterocycles. The van der Waals surface area contributed by atoms with E-state index in [0.717, 1.165) is 35.1 Å². The number of halogens is 1. The van der Waals surface area contributed by atoms with Crippen LogP contribution in [-0.4, -0.2) is 18.2 Å². The van der Waals surface area contributed by atoms with Crippen molar-refractivity contribution in [2.45, 2.75) is 46.6 Å². The molecule has 0 radical (unpaired) electrons. The molecule has 3 aromatic carbocycles. The van der Waals surface area contributed by atoms with Crippen LogP contribution < -0.4 is 9.47 Å². The first-order valence-corrected chi connectivity index (χ1v) is 12.3. The molecule has 0 saturated carbocycles. The third-order valence-electron chi connectivity index (χ3n) is 6.95. The Hall–Kier alpha value is -3.60. The Kier molecular flexibility index (Phi) is 7.48. The maximum atomic E-state index is 15.0. The number of carbonyl (C=O) groups is 1. The van der Waals surface area contributed by atoms with E-state index < -0.39 is 11.9 Å². The molecule has 36 heavy (non-hydrogen) atoms. The average Bonchev–Trinajstić information content (AvgIpc) is 3.22. The number of methoxy groups -OCH3 is 1. The predicted octanol–water partition coefficient (Wildman–Crippen LogP) is 7.55. The lowest BCUT2D eigenvalue weighted by Crippen LogP contribution is -2.12. The lowest BCUT2D eigenvalue weighted by Gasteiger charge is -2.25. The number of carboxylic acids is 1. The highest BCUT2D eigenvalue weighted by atomic mass is 19.1. The molecular weight excluding hydrogens is 455 g/mol. The van der Waals surface area contributed by atoms with Gasteiger partial charge < -0.3 is 14.6 Å². The molecular formula is C31H33FO4. The zero-order valence-corrected chi connectivity index (χ0v) is 21.3. The van der Waals surface area contributed by atoms with Gasteiger partial charge >= 0.3 is 5.97 Å². The summed E-state index contributed by atoms with van der Waals surface area (Å²) in [6.07, 6.45) is 4.74. The fourth-order valence-electron chi connectivity index (χ4n) is 4.81. The lowest BCUT2D eigenvalue weighted by atomic mass is 9.79. The van der Waals surface area contributed by atoms with Crippen LogP contribution in [0.1, 0.15) is 50.3 Å². The molecule has 0 amide bonds. The molecule has 188 valence electrons. The smallest absolute Gasteiger partial charge is 0.306 e. The summed E-state index contributed by atoms with van der Waals surface area (Å²) in [4.78, 5) is 11.2. The first-order valence-electron chi connectivity index (χ1n) is 12.3. The van der Waals surface area contributed by atoms with Gasteiger partial charge in [0.1, 0.15) is 23.9 Å². The molecule has 3 aromatic rings. The lowest BCUT2D eigenvalue weighted by molar-refractivity contribution is -0.141. The van der Waals surface area contributed by atoms with Gasteiger partial charge in [-0.25, -0.2) is 4.39 Å². The first kappa shape index (κ1) is 25.5. The molecule has 4 rings (SSSR count). The van der Waals surface area contributed by atoms with Crippen LogP contribution in [0.15, 0.2) is 66.7 Å². The summed E-state index contributed by atoms with van der Waals surface area (Å²) in [6.45, 7) is 6.50. The standard InChI is InChI=1S/C31H33FO4/c1-20(30(33)34)15-21-7-5-8-24(16-21)36-19-22-10-12-25(27-18-23(35-4)11-13-29(27)32)26(17-22)28-9-6-14-31(28,2)3/h5,7-13,16-18,20H,6,14-15,19H2,1-4H3,(H,33,34)/t20-/m1/s1. The molecule has 0 saturated heterocycles. The molecule has 0 aromatic heterocycles. The molecule has 0 spiro atoms. The van der Waals surface area contributed by atoms with Crippen LogP contribution >= 0.6 is 0 Å². The highest BCUT2D eigenvalue weighted by molar-refractivity contribution is 5.85. The van der Waals surface area contributed by atoms with Crippen LogP contribution in [-0.2, 0) is 17.8 Å². The van der Waals surface area contributed by atoms with Gasteiger partial charge in [-0.3, -0.25) is 4.79 Å². The van der Waals surface area contributed by atoms with E-state index in [2.05, 4.69) is 26.0 Å². The maximum absolute atomic E-state index is 15.0. The summed E-state index contributed by atoms with van der Waals surface area (Å²) in [5.41, 5.74) is 5.45. The summed E-state index contributed by atoms with van der Waals surface area (Å²) in [5, 5.41) is 9.20. The largest absolute Gasteiger partial charge is 0.497 e. The summed E-state index contributed by atoms with van der Waals surface area (Å²) in [7, 11) is 1.58. The van der Waals surface area contributed by atoms with Crippen LogP contribution in [0.4, 0.5) is 4.39 Å². The van der Waals surface area contributed by atoms with Crippen molar-refractivity contribution in [2.75, 3.05) is 7.11 Å². The Morgan fingerprint density at radius 3 is 2.50 bits per heavy atom. The van der Waals surface area contributed by atoms with Crippen molar-refractivity contribution in [3.05, 3.63) is 89.2 Å². The van der Waals surface area contributed by atoms with Gasteiger partial charge in [0.25, 0.3) is 0 Å². The monoisotopic (exact) mass is 488 g/mol. The third kappa shape index (κ3) is 5.62. The van der Waals surface area contributed by atoms with E-state index in [4.69, 9.17) is 9.47 Å². The van der Waals surface area contributed by atoms with Crippen LogP contribution in [0.5, 0.6) is 11.5 Å². The second-order valence-electron chi connectivity index (χ2n) is 10.1. The minimum absolute atomic E-state index is 0.0151. The fraction of sp³-hybridized carbons (Fsp3) is 0.323. The van der Waals surface area contributed by atoms with Gasteiger partial charge in [0.15, 0.2) is 0 Å². The average molecular weight is 489 g/mol. The van der Waals surface area contributed by atoms with Crippen molar-refractivity contribution < 1.29 is 23.8 Å². The van der Waals surface area contributed by atoms with Crippen molar-refractivity contribution in [1.29, 1.82) is 0 Å². The fourth-order valence-corrected chi connectivity index (χ4v) is 4.81. The van der Waals surface area contributed by atoms with Crippen molar-refractivity contribution in [3.8, 4) is 22.6 Å². The maximum Gasteiger partial charge on any atom is 0.306 e. The SMILES string of the molecule is COc1ccc(F)c(-c2ccc(COc3cccc(C[C@@H](C)C(=O)O)c3)cc2C2=CCCC2(C)C)c1. The van der Waals surface area contributed by atoms with E-state index >= 15 is 0 Å². The highest BCUT2D eigenvalue weighted by Gasteiger charge is 2.30. The van der Waals surface area contributed by atoms with Gasteiger partial charge in [-0.2, -0.15) is 0 Å². The Morgan fingerprint density at radius 1 is 1.00 bits per heavy atom. The van der Waals surface area contributed by atoms with Gasteiger partial charge in [0.05, 0.1) is 13.0 Å². The minimum Gasteiger partial charge on any atom is -0.497 e. The van der Waals surface area contributed by atoms with E-state index in [-0.39, 0.29) is 11.2 Å². The van der Waals surface area contributed by atoms with Gasteiger partial charge in [0, 0.05) is 5.56 Å². The van der Waals surface area contributed by atoms with E-state index in [0.29, 0.717) is 30.1 Å². The third-order valence-corrected chi connectivity index (χ3v) is 6.95. The quantitative estimate of drug-likeness (QED) is 0.338. The van der Waals surface area contributed by atoms with Gasteiger partial charge in [-0.15, -0.1) is 0 Å². The zero-order valence-electron chi connectivity index (χ0n) is 21.3. The van der Waals surface area contributed by atoms with Crippen molar-refractivity contribution in [1.82, 2.24) is 0 Å². The molecule has 0 unspecified atom stereocenters. The number of benzene rings is 3. The van der Waals surface area contributed by atoms with E-state index in [1.165, 1.54) is 11.6 Å². The zero-order chi connectivity index (χ0) is 25.9. The second kappa shape index (κ2) is 10.6. The topological polar surface area (TPSA) is 55.8 Å². The van der Waals surface area contributed by atoms with Crippen LogP contribution in [0.3, 0.4) is 0 Å². The highest BCUT2D eigenvalue weighted by Crippen LogP contribution is 2.47. The Labute approximate surface area is 212 Å². The summed E-state index contributed by atoms with van der Waals surface area (Å²) >= 11 is 0. The number of rotatable bonds is 9. The second-order valence-corrected chi connectivity index (χ2v) is 10.1. The number of allylic oxidation sites excluding steroid dienone is 2. The molecule has 4 nitrogen and oxygen atoms in total. The number of carboxylic acid groups (broad SMARTS) is 1. The molecule has 5 heteroatoms. The van der Waals surface area contributed by atoms with E-state index in [9.17, 15) is 14.3 Å². The minimum atomic E-state index is -0.814. The van der Waals surface area contributed by atoms with Crippen molar-refractivity contribution in [3.63, 3.8) is 0 Å². The van der Waals surface area contributed by atoms with E-state index in [1.54, 1.807) is 26.2 Å². The van der Waals surface area contributed by atoms with E-state index in [1.807, 2.05) is 36.4 Å². The van der Waals surface area contributed by atoms with Gasteiger partial charge in [-0.1, -0.05) is 51.1 Å². The van der Waals surface area contributed by atoms with Gasteiger partial charge in [0.2, 0.25) is 0 Å². The van der Waals surface area contributed by atoms with Gasteiger partial charge in [-0.05, 0) is 88.9 Å². The molecule has 1 aliphatic rings. The molecule has 0 bridgehead atoms. The number of hydrogen-bond acceptors (Lipinski definition) is 3. The molecule has 0 fully saturated rings. The Bertz CT molecular complexity index is 1290. The Balaban J connectivity index is 1.65. The summed E-state index contributed by atoms with van der Waals surface area (Å²) < 4.78 is 26.4. The molecule has 1 N–H and O–H groups in total. The van der Waals surface area contributed by atoms with Crippen molar-refractivity contribution >= 4 is 11.5 Å². The Morgan fingerprint density at radius 2 is 1.81 bits per heavy atom. The summed E-state index contributed by atoms with van der Waals surface area (Å²) in [5.74, 6) is -0.262. The van der Waals surface area contributed by atoms with Crippen LogP contribution in [0.25, 0.3) is 16.7 Å². The first-order chi connectivity index (χ1) is 17.2. The molecule has 0 aliphatic heterocycles. The van der Waals surface area contributed by atoms with Crippen LogP contribution in [0.2, 0.25) is 0 Å². The normalized spacial score (nSPS) is 15.3. The number of aliphatic carboxylic acids is 1. The molecule has 1 atom stereocenters. The molecule has 1 aliphatic carbocycles. The number of hydrogen-bond donors (Lipinski definition) is 1. The summed E-state index contributed by atoms with van der Waals surface area (Å²) in [6, 6.07) is 18.4. The van der Waals surface area contributed by atoms with Crippen molar-refractivity contribution in [2.24, 2.45) is 11.3 Å².